The molecule has 0 unspecified atom stereocenters. The van der Waals surface area contributed by atoms with Gasteiger partial charge in [-0.3, -0.25) is 14.5 Å². The van der Waals surface area contributed by atoms with Crippen LogP contribution in [0.25, 0.3) is 0 Å². The first-order valence-electron chi connectivity index (χ1n) is 5.25. The maximum atomic E-state index is 12.1. The van der Waals surface area contributed by atoms with E-state index in [0.717, 1.165) is 17.3 Å². The van der Waals surface area contributed by atoms with Crippen LogP contribution in [0.3, 0.4) is 0 Å². The normalized spacial score (nSPS) is 21.9. The van der Waals surface area contributed by atoms with Gasteiger partial charge in [-0.25, -0.2) is 0 Å². The Labute approximate surface area is 102 Å². The van der Waals surface area contributed by atoms with Gasteiger partial charge >= 0.3 is 0 Å². The SMILES string of the molecule is O=C1CC2(CC2)C(=O)N1c1ccc(Br)cc1. The summed E-state index contributed by atoms with van der Waals surface area (Å²) in [5.41, 5.74) is 0.353. The lowest BCUT2D eigenvalue weighted by Gasteiger charge is -2.14. The second-order valence-corrected chi connectivity index (χ2v) is 5.38. The predicted octanol–water partition coefficient (Wildman–Crippen LogP) is 2.49. The zero-order valence-electron chi connectivity index (χ0n) is 8.57. The molecule has 0 aromatic heterocycles. The number of imide groups is 1. The van der Waals surface area contributed by atoms with Gasteiger partial charge in [0.15, 0.2) is 0 Å². The molecule has 16 heavy (non-hydrogen) atoms. The van der Waals surface area contributed by atoms with Gasteiger partial charge in [0.1, 0.15) is 0 Å². The molecule has 4 heteroatoms. The number of hydrogen-bond donors (Lipinski definition) is 0. The topological polar surface area (TPSA) is 37.4 Å². The molecule has 1 saturated carbocycles. The van der Waals surface area contributed by atoms with Crippen molar-refractivity contribution < 1.29 is 9.59 Å². The minimum Gasteiger partial charge on any atom is -0.274 e. The van der Waals surface area contributed by atoms with E-state index in [0.29, 0.717) is 12.1 Å². The van der Waals surface area contributed by atoms with Crippen molar-refractivity contribution in [1.29, 1.82) is 0 Å². The molecular formula is C12H10BrNO2. The largest absolute Gasteiger partial charge is 0.274 e. The van der Waals surface area contributed by atoms with Crippen molar-refractivity contribution in [3.63, 3.8) is 0 Å². The maximum absolute atomic E-state index is 12.1. The molecule has 0 radical (unpaired) electrons. The Bertz CT molecular complexity index is 476. The first-order chi connectivity index (χ1) is 7.62. The second kappa shape index (κ2) is 3.17. The summed E-state index contributed by atoms with van der Waals surface area (Å²) in [5.74, 6) is -0.0790. The highest BCUT2D eigenvalue weighted by Crippen LogP contribution is 2.54. The molecule has 2 amide bonds. The molecule has 0 atom stereocenters. The van der Waals surface area contributed by atoms with Crippen LogP contribution in [0.15, 0.2) is 28.7 Å². The summed E-state index contributed by atoms with van der Waals surface area (Å²) in [6, 6.07) is 7.27. The van der Waals surface area contributed by atoms with Crippen LogP contribution in [-0.4, -0.2) is 11.8 Å². The summed E-state index contributed by atoms with van der Waals surface area (Å²) in [4.78, 5) is 25.2. The van der Waals surface area contributed by atoms with Crippen LogP contribution in [0, 0.1) is 5.41 Å². The van der Waals surface area contributed by atoms with E-state index in [1.807, 2.05) is 12.1 Å². The lowest BCUT2D eigenvalue weighted by Crippen LogP contribution is -2.30. The number of carbonyl (C=O) groups is 2. The highest BCUT2D eigenvalue weighted by atomic mass is 79.9. The van der Waals surface area contributed by atoms with Crippen molar-refractivity contribution >= 4 is 33.4 Å². The number of nitrogens with zero attached hydrogens (tertiary/aromatic N) is 1. The van der Waals surface area contributed by atoms with Gasteiger partial charge in [-0.1, -0.05) is 15.9 Å². The molecule has 3 nitrogen and oxygen atoms in total. The number of amides is 2. The Morgan fingerprint density at radius 3 is 2.25 bits per heavy atom. The molecule has 1 spiro atoms. The Morgan fingerprint density at radius 2 is 1.75 bits per heavy atom. The standard InChI is InChI=1S/C12H10BrNO2/c13-8-1-3-9(4-2-8)14-10(15)7-12(5-6-12)11(14)16/h1-4H,5-7H2. The van der Waals surface area contributed by atoms with Crippen molar-refractivity contribution in [2.24, 2.45) is 5.41 Å². The lowest BCUT2D eigenvalue weighted by atomic mass is 10.1. The van der Waals surface area contributed by atoms with Crippen molar-refractivity contribution in [1.82, 2.24) is 0 Å². The van der Waals surface area contributed by atoms with Crippen molar-refractivity contribution in [2.75, 3.05) is 4.90 Å². The number of carbonyl (C=O) groups excluding carboxylic acids is 2. The van der Waals surface area contributed by atoms with Gasteiger partial charge in [-0.05, 0) is 37.1 Å². The molecule has 1 aliphatic carbocycles. The van der Waals surface area contributed by atoms with Crippen molar-refractivity contribution in [2.45, 2.75) is 19.3 Å². The third-order valence-electron chi connectivity index (χ3n) is 3.33. The van der Waals surface area contributed by atoms with E-state index >= 15 is 0 Å². The molecule has 0 bridgehead atoms. The average Bonchev–Trinajstić information content (AvgIpc) is 2.97. The van der Waals surface area contributed by atoms with E-state index in [9.17, 15) is 9.59 Å². The summed E-state index contributed by atoms with van der Waals surface area (Å²) < 4.78 is 0.941. The summed E-state index contributed by atoms with van der Waals surface area (Å²) in [7, 11) is 0. The summed E-state index contributed by atoms with van der Waals surface area (Å²) in [6.07, 6.45) is 2.12. The van der Waals surface area contributed by atoms with Crippen LogP contribution in [0.5, 0.6) is 0 Å². The Morgan fingerprint density at radius 1 is 1.12 bits per heavy atom. The van der Waals surface area contributed by atoms with E-state index in [2.05, 4.69) is 15.9 Å². The van der Waals surface area contributed by atoms with E-state index in [4.69, 9.17) is 0 Å². The number of hydrogen-bond acceptors (Lipinski definition) is 2. The number of anilines is 1. The van der Waals surface area contributed by atoms with Gasteiger partial charge in [-0.2, -0.15) is 0 Å². The van der Waals surface area contributed by atoms with Gasteiger partial charge in [0.2, 0.25) is 11.8 Å². The van der Waals surface area contributed by atoms with Crippen LogP contribution in [0.2, 0.25) is 0 Å². The number of benzene rings is 1. The predicted molar refractivity (Wildman–Crippen MR) is 62.9 cm³/mol. The molecule has 3 rings (SSSR count). The van der Waals surface area contributed by atoms with Crippen LogP contribution in [0.1, 0.15) is 19.3 Å². The van der Waals surface area contributed by atoms with E-state index < -0.39 is 0 Å². The van der Waals surface area contributed by atoms with E-state index in [-0.39, 0.29) is 17.2 Å². The molecular weight excluding hydrogens is 270 g/mol. The monoisotopic (exact) mass is 279 g/mol. The molecule has 1 heterocycles. The first-order valence-corrected chi connectivity index (χ1v) is 6.05. The minimum atomic E-state index is -0.329. The fraction of sp³-hybridized carbons (Fsp3) is 0.333. The second-order valence-electron chi connectivity index (χ2n) is 4.47. The van der Waals surface area contributed by atoms with Gasteiger partial charge in [-0.15, -0.1) is 0 Å². The van der Waals surface area contributed by atoms with Gasteiger partial charge in [0.05, 0.1) is 11.1 Å². The lowest BCUT2D eigenvalue weighted by molar-refractivity contribution is -0.122. The molecule has 2 fully saturated rings. The van der Waals surface area contributed by atoms with Crippen molar-refractivity contribution in [3.8, 4) is 0 Å². The number of halogens is 1. The highest BCUT2D eigenvalue weighted by molar-refractivity contribution is 9.10. The van der Waals surface area contributed by atoms with Gasteiger partial charge in [0.25, 0.3) is 0 Å². The van der Waals surface area contributed by atoms with Crippen LogP contribution in [0.4, 0.5) is 5.69 Å². The molecule has 1 aromatic rings. The van der Waals surface area contributed by atoms with Crippen LogP contribution < -0.4 is 4.90 Å². The summed E-state index contributed by atoms with van der Waals surface area (Å²) in [6.45, 7) is 0. The Hall–Kier alpha value is -1.16. The highest BCUT2D eigenvalue weighted by Gasteiger charge is 2.59. The summed E-state index contributed by atoms with van der Waals surface area (Å²) >= 11 is 3.33. The van der Waals surface area contributed by atoms with Gasteiger partial charge < -0.3 is 0 Å². The quantitative estimate of drug-likeness (QED) is 0.741. The molecule has 0 N–H and O–H groups in total. The Kier molecular flexibility index (Phi) is 1.98. The van der Waals surface area contributed by atoms with Gasteiger partial charge in [0, 0.05) is 10.9 Å². The average molecular weight is 280 g/mol. The minimum absolute atomic E-state index is 0.0141. The molecule has 1 aromatic carbocycles. The third-order valence-corrected chi connectivity index (χ3v) is 3.86. The van der Waals surface area contributed by atoms with Crippen molar-refractivity contribution in [3.05, 3.63) is 28.7 Å². The molecule has 1 saturated heterocycles. The smallest absolute Gasteiger partial charge is 0.240 e. The molecule has 2 aliphatic rings. The fourth-order valence-corrected chi connectivity index (χ4v) is 2.45. The maximum Gasteiger partial charge on any atom is 0.240 e. The zero-order valence-corrected chi connectivity index (χ0v) is 10.2. The third kappa shape index (κ3) is 1.33. The van der Waals surface area contributed by atoms with Crippen LogP contribution >= 0.6 is 15.9 Å². The van der Waals surface area contributed by atoms with E-state index in [1.54, 1.807) is 12.1 Å². The molecule has 82 valence electrons. The first kappa shape index (κ1) is 10.0. The fourth-order valence-electron chi connectivity index (χ4n) is 2.19. The zero-order chi connectivity index (χ0) is 11.3. The van der Waals surface area contributed by atoms with E-state index in [1.165, 1.54) is 4.90 Å². The Balaban J connectivity index is 1.98. The van der Waals surface area contributed by atoms with Crippen LogP contribution in [-0.2, 0) is 9.59 Å². The number of rotatable bonds is 1. The molecule has 1 aliphatic heterocycles. The summed E-state index contributed by atoms with van der Waals surface area (Å²) in [5, 5.41) is 0.